The summed E-state index contributed by atoms with van der Waals surface area (Å²) in [5.41, 5.74) is 4.40. The number of hydrogen-bond donors (Lipinski definition) is 0. The molecular weight excluding hydrogens is 472 g/mol. The minimum atomic E-state index is 0.164. The van der Waals surface area contributed by atoms with Crippen LogP contribution in [0.5, 0.6) is 11.5 Å². The SMILES string of the molecule is COc1cc(CN(CCc2ccccn2)C(=O)CCCCc2ccccc2)ccc1OCc1ccccc1. The second kappa shape index (κ2) is 14.6. The molecule has 0 aliphatic heterocycles. The first-order chi connectivity index (χ1) is 18.7. The molecule has 196 valence electrons. The highest BCUT2D eigenvalue weighted by molar-refractivity contribution is 5.76. The third-order valence-corrected chi connectivity index (χ3v) is 6.50. The maximum atomic E-state index is 13.3. The number of carbonyl (C=O) groups excluding carboxylic acids is 1. The van der Waals surface area contributed by atoms with Crippen LogP contribution in [-0.4, -0.2) is 29.4 Å². The van der Waals surface area contributed by atoms with E-state index in [-0.39, 0.29) is 5.91 Å². The van der Waals surface area contributed by atoms with E-state index in [1.165, 1.54) is 5.56 Å². The Balaban J connectivity index is 1.38. The third kappa shape index (κ3) is 8.48. The minimum absolute atomic E-state index is 0.164. The highest BCUT2D eigenvalue weighted by Gasteiger charge is 2.16. The number of pyridine rings is 1. The van der Waals surface area contributed by atoms with E-state index < -0.39 is 0 Å². The molecule has 0 N–H and O–H groups in total. The van der Waals surface area contributed by atoms with Crippen molar-refractivity contribution < 1.29 is 14.3 Å². The van der Waals surface area contributed by atoms with E-state index in [0.717, 1.165) is 36.1 Å². The van der Waals surface area contributed by atoms with Crippen molar-refractivity contribution in [2.24, 2.45) is 0 Å². The number of carbonyl (C=O) groups is 1. The summed E-state index contributed by atoms with van der Waals surface area (Å²) in [5, 5.41) is 0. The Hall–Kier alpha value is -4.12. The number of rotatable bonds is 14. The van der Waals surface area contributed by atoms with Gasteiger partial charge in [-0.15, -0.1) is 0 Å². The van der Waals surface area contributed by atoms with Crippen LogP contribution in [0.15, 0.2) is 103 Å². The van der Waals surface area contributed by atoms with Crippen LogP contribution in [0.1, 0.15) is 41.6 Å². The molecule has 5 nitrogen and oxygen atoms in total. The number of nitrogens with zero attached hydrogens (tertiary/aromatic N) is 2. The lowest BCUT2D eigenvalue weighted by Crippen LogP contribution is -2.32. The summed E-state index contributed by atoms with van der Waals surface area (Å²) >= 11 is 0. The zero-order valence-corrected chi connectivity index (χ0v) is 22.1. The molecule has 0 aliphatic carbocycles. The van der Waals surface area contributed by atoms with Crippen LogP contribution in [-0.2, 0) is 30.8 Å². The third-order valence-electron chi connectivity index (χ3n) is 6.50. The van der Waals surface area contributed by atoms with Gasteiger partial charge in [-0.3, -0.25) is 9.78 Å². The van der Waals surface area contributed by atoms with Crippen LogP contribution in [0.25, 0.3) is 0 Å². The van der Waals surface area contributed by atoms with Crippen LogP contribution in [0, 0.1) is 0 Å². The summed E-state index contributed by atoms with van der Waals surface area (Å²) in [4.78, 5) is 19.7. The molecule has 0 aliphatic rings. The number of unbranched alkanes of at least 4 members (excludes halogenated alkanes) is 1. The summed E-state index contributed by atoms with van der Waals surface area (Å²) in [7, 11) is 1.64. The van der Waals surface area contributed by atoms with Crippen LogP contribution in [0.3, 0.4) is 0 Å². The van der Waals surface area contributed by atoms with E-state index in [1.54, 1.807) is 13.3 Å². The highest BCUT2D eigenvalue weighted by atomic mass is 16.5. The lowest BCUT2D eigenvalue weighted by atomic mass is 10.1. The lowest BCUT2D eigenvalue weighted by Gasteiger charge is -2.23. The van der Waals surface area contributed by atoms with Crippen molar-refractivity contribution in [1.29, 1.82) is 0 Å². The Bertz CT molecular complexity index is 1250. The van der Waals surface area contributed by atoms with Crippen molar-refractivity contribution in [2.75, 3.05) is 13.7 Å². The molecule has 1 heterocycles. The zero-order valence-electron chi connectivity index (χ0n) is 22.1. The lowest BCUT2D eigenvalue weighted by molar-refractivity contribution is -0.131. The number of ether oxygens (including phenoxy) is 2. The van der Waals surface area contributed by atoms with Gasteiger partial charge in [-0.2, -0.15) is 0 Å². The summed E-state index contributed by atoms with van der Waals surface area (Å²) in [6.07, 6.45) is 5.89. The molecule has 0 bridgehead atoms. The maximum Gasteiger partial charge on any atom is 0.222 e. The predicted octanol–water partition coefficient (Wildman–Crippen LogP) is 6.65. The Labute approximate surface area is 226 Å². The van der Waals surface area contributed by atoms with Crippen molar-refractivity contribution in [3.8, 4) is 11.5 Å². The van der Waals surface area contributed by atoms with Gasteiger partial charge in [-0.05, 0) is 60.2 Å². The average Bonchev–Trinajstić information content (AvgIpc) is 2.98. The van der Waals surface area contributed by atoms with Gasteiger partial charge in [0.2, 0.25) is 5.91 Å². The van der Waals surface area contributed by atoms with Gasteiger partial charge >= 0.3 is 0 Å². The van der Waals surface area contributed by atoms with Crippen molar-refractivity contribution in [3.63, 3.8) is 0 Å². The number of aromatic nitrogens is 1. The molecule has 5 heteroatoms. The first-order valence-electron chi connectivity index (χ1n) is 13.3. The second-order valence-corrected chi connectivity index (χ2v) is 9.34. The van der Waals surface area contributed by atoms with E-state index in [9.17, 15) is 4.79 Å². The largest absolute Gasteiger partial charge is 0.493 e. The molecule has 0 atom stereocenters. The van der Waals surface area contributed by atoms with Crippen LogP contribution < -0.4 is 9.47 Å². The Kier molecular flexibility index (Phi) is 10.3. The molecule has 4 rings (SSSR count). The molecule has 0 saturated heterocycles. The molecule has 0 saturated carbocycles. The maximum absolute atomic E-state index is 13.3. The van der Waals surface area contributed by atoms with E-state index in [1.807, 2.05) is 77.7 Å². The van der Waals surface area contributed by atoms with Gasteiger partial charge in [0.25, 0.3) is 0 Å². The number of aryl methyl sites for hydroxylation is 1. The van der Waals surface area contributed by atoms with E-state index >= 15 is 0 Å². The van der Waals surface area contributed by atoms with Crippen LogP contribution >= 0.6 is 0 Å². The molecule has 4 aromatic rings. The van der Waals surface area contributed by atoms with Gasteiger partial charge in [-0.25, -0.2) is 0 Å². The standard InChI is InChI=1S/C33H36N2O3/c1-37-32-24-29(19-20-31(32)38-26-28-15-6-3-7-16-28)25-35(23-21-30-17-10-11-22-34-30)33(36)18-9-8-14-27-12-4-2-5-13-27/h2-7,10-13,15-17,19-20,22,24H,8-9,14,18,21,23,25-26H2,1H3. The van der Waals surface area contributed by atoms with Gasteiger partial charge in [0.05, 0.1) is 7.11 Å². The monoisotopic (exact) mass is 508 g/mol. The fourth-order valence-corrected chi connectivity index (χ4v) is 4.38. The molecule has 0 spiro atoms. The number of amides is 1. The van der Waals surface area contributed by atoms with Gasteiger partial charge in [0, 0.05) is 37.8 Å². The topological polar surface area (TPSA) is 51.7 Å². The van der Waals surface area contributed by atoms with Crippen LogP contribution in [0.4, 0.5) is 0 Å². The average molecular weight is 509 g/mol. The van der Waals surface area contributed by atoms with Gasteiger partial charge in [0.1, 0.15) is 6.61 Å². The van der Waals surface area contributed by atoms with E-state index in [2.05, 4.69) is 29.2 Å². The summed E-state index contributed by atoms with van der Waals surface area (Å²) < 4.78 is 11.6. The Morgan fingerprint density at radius 1 is 0.763 bits per heavy atom. The first-order valence-corrected chi connectivity index (χ1v) is 13.3. The first kappa shape index (κ1) is 26.9. The fourth-order valence-electron chi connectivity index (χ4n) is 4.38. The van der Waals surface area contributed by atoms with Crippen molar-refractivity contribution in [2.45, 2.75) is 45.3 Å². The molecule has 0 radical (unpaired) electrons. The molecule has 1 amide bonds. The van der Waals surface area contributed by atoms with Gasteiger partial charge < -0.3 is 14.4 Å². The molecule has 3 aromatic carbocycles. The fraction of sp³-hybridized carbons (Fsp3) is 0.273. The normalized spacial score (nSPS) is 10.7. The minimum Gasteiger partial charge on any atom is -0.493 e. The molecular formula is C33H36N2O3. The molecule has 1 aromatic heterocycles. The number of benzene rings is 3. The zero-order chi connectivity index (χ0) is 26.4. The van der Waals surface area contributed by atoms with Crippen molar-refractivity contribution in [3.05, 3.63) is 126 Å². The van der Waals surface area contributed by atoms with Gasteiger partial charge in [-0.1, -0.05) is 72.8 Å². The summed E-state index contributed by atoms with van der Waals surface area (Å²) in [6, 6.07) is 32.3. The molecule has 38 heavy (non-hydrogen) atoms. The predicted molar refractivity (Wildman–Crippen MR) is 151 cm³/mol. The highest BCUT2D eigenvalue weighted by Crippen LogP contribution is 2.29. The number of hydrogen-bond acceptors (Lipinski definition) is 4. The Morgan fingerprint density at radius 2 is 1.50 bits per heavy atom. The quantitative estimate of drug-likeness (QED) is 0.179. The van der Waals surface area contributed by atoms with E-state index in [4.69, 9.17) is 9.47 Å². The van der Waals surface area contributed by atoms with Crippen molar-refractivity contribution >= 4 is 5.91 Å². The second-order valence-electron chi connectivity index (χ2n) is 9.34. The van der Waals surface area contributed by atoms with Crippen LogP contribution in [0.2, 0.25) is 0 Å². The summed E-state index contributed by atoms with van der Waals surface area (Å²) in [5.74, 6) is 1.52. The van der Waals surface area contributed by atoms with E-state index in [0.29, 0.717) is 44.0 Å². The summed E-state index contributed by atoms with van der Waals surface area (Å²) in [6.45, 7) is 1.59. The molecule has 0 unspecified atom stereocenters. The smallest absolute Gasteiger partial charge is 0.222 e. The molecule has 0 fully saturated rings. The van der Waals surface area contributed by atoms with Gasteiger partial charge in [0.15, 0.2) is 11.5 Å². The van der Waals surface area contributed by atoms with Crippen molar-refractivity contribution in [1.82, 2.24) is 9.88 Å². The Morgan fingerprint density at radius 3 is 2.21 bits per heavy atom. The number of methoxy groups -OCH3 is 1.